The summed E-state index contributed by atoms with van der Waals surface area (Å²) in [6, 6.07) is 0. The fourth-order valence-electron chi connectivity index (χ4n) is 0.0168. The first-order valence-corrected chi connectivity index (χ1v) is 8.94. The van der Waals surface area contributed by atoms with E-state index in [-0.39, 0.29) is 39.7 Å². The van der Waals surface area contributed by atoms with E-state index < -0.39 is 0 Å². The Kier molecular flexibility index (Phi) is 7.32. The molecule has 0 saturated carbocycles. The largest absolute Gasteiger partial charge is 0.274 e. The minimum Gasteiger partial charge on any atom is -0.274 e. The number of nitrogens with one attached hydrogen (secondary N) is 1. The molecule has 2 nitrogen and oxygen atoms in total. The van der Waals surface area contributed by atoms with E-state index in [2.05, 4.69) is 0 Å². The first-order chi connectivity index (χ1) is 2.41. The monoisotopic (exact) mass is 317 g/mol. The summed E-state index contributed by atoms with van der Waals surface area (Å²) in [6.07, 6.45) is 1.63. The number of hydrogen-bond donors (Lipinski definition) is 2. The van der Waals surface area contributed by atoms with Gasteiger partial charge in [-0.05, 0) is 0 Å². The average molecular weight is 317 g/mol. The maximum atomic E-state index is 6.62. The molecule has 3 N–H and O–H groups in total. The van der Waals surface area contributed by atoms with E-state index in [0.717, 1.165) is 0 Å². The van der Waals surface area contributed by atoms with Crippen LogP contribution in [0.25, 0.3) is 0 Å². The van der Waals surface area contributed by atoms with Crippen molar-refractivity contribution in [1.29, 1.82) is 3.56 Å². The average Bonchev–Trinajstić information content (AvgIpc) is 1.41. The Morgan fingerprint density at radius 2 is 2.40 bits per heavy atom. The van der Waals surface area contributed by atoms with Crippen LogP contribution < -0.4 is 3.95 Å². The highest BCUT2D eigenvalue weighted by Gasteiger charge is 1.65. The molecule has 0 atom stereocenters. The summed E-state index contributed by atoms with van der Waals surface area (Å²) < 4.78 is 11.7. The van der Waals surface area contributed by atoms with Crippen molar-refractivity contribution >= 4 is 45.8 Å². The van der Waals surface area contributed by atoms with Crippen LogP contribution in [-0.2, 0) is 0 Å². The molecule has 0 saturated heterocycles. The second kappa shape index (κ2) is 5.57. The van der Waals surface area contributed by atoms with Gasteiger partial charge in [0.25, 0.3) is 0 Å². The lowest BCUT2D eigenvalue weighted by Crippen LogP contribution is -1.55. The zero-order chi connectivity index (χ0) is 4.12. The summed E-state index contributed by atoms with van der Waals surface area (Å²) in [7, 11) is 0. The van der Waals surface area contributed by atoms with Gasteiger partial charge < -0.3 is 0 Å². The molecule has 5 heavy (non-hydrogen) atoms. The van der Waals surface area contributed by atoms with Gasteiger partial charge in [0.05, 0.1) is 19.6 Å². The van der Waals surface area contributed by atoms with Crippen LogP contribution in [0.2, 0.25) is 0 Å². The lowest BCUT2D eigenvalue weighted by atomic mass is 14.0. The van der Waals surface area contributed by atoms with E-state index in [9.17, 15) is 0 Å². The molecule has 0 aliphatic heterocycles. The normalized spacial score (nSPS) is 8.20. The van der Waals surface area contributed by atoms with Gasteiger partial charge in [-0.25, -0.2) is 0 Å². The van der Waals surface area contributed by atoms with Crippen LogP contribution in [0.1, 0.15) is 0 Å². The third-order valence-corrected chi connectivity index (χ3v) is 8.48. The minimum atomic E-state index is -0.302. The topological polar surface area (TPSA) is 49.9 Å². The van der Waals surface area contributed by atoms with Crippen molar-refractivity contribution < 1.29 is 0 Å². The van der Waals surface area contributed by atoms with Crippen molar-refractivity contribution in [3.63, 3.8) is 0 Å². The maximum Gasteiger partial charge on any atom is 0.0684 e. The van der Waals surface area contributed by atoms with E-state index in [1.54, 1.807) is 6.10 Å². The van der Waals surface area contributed by atoms with Crippen LogP contribution in [-0.4, -0.2) is 0 Å². The molecular weight excluding hydrogens is 314 g/mol. The molecule has 0 heterocycles. The summed E-state index contributed by atoms with van der Waals surface area (Å²) in [4.78, 5) is 0. The minimum absolute atomic E-state index is 0.115. The molecule has 0 aromatic heterocycles. The molecule has 0 spiro atoms. The number of halogens is 2. The van der Waals surface area contributed by atoms with Crippen molar-refractivity contribution in [1.82, 2.24) is 0 Å². The van der Waals surface area contributed by atoms with E-state index in [4.69, 9.17) is 7.51 Å². The summed E-state index contributed by atoms with van der Waals surface area (Å²) in [5.74, 6) is 0. The zero-order valence-corrected chi connectivity index (χ0v) is 7.37. The molecule has 0 aromatic carbocycles. The maximum absolute atomic E-state index is 6.62. The predicted molar refractivity (Wildman–Crippen MR) is 42.5 cm³/mol. The molecule has 5 heteroatoms. The molecule has 0 aliphatic rings. The lowest BCUT2D eigenvalue weighted by Gasteiger charge is -1.70. The van der Waals surface area contributed by atoms with Gasteiger partial charge in [-0.2, -0.15) is 0 Å². The molecule has 0 rings (SSSR count). The van der Waals surface area contributed by atoms with Crippen molar-refractivity contribution in [2.24, 2.45) is 3.95 Å². The first-order valence-electron chi connectivity index (χ1n) is 0.716. The third kappa shape index (κ3) is 5.57. The van der Waals surface area contributed by atoms with E-state index in [1.165, 1.54) is 0 Å². The Morgan fingerprint density at radius 1 is 1.80 bits per heavy atom. The molecule has 1 radical (unpaired) electrons. The van der Waals surface area contributed by atoms with Crippen LogP contribution in [0.5, 0.6) is 0 Å². The Bertz CT molecular complexity index is 28.8. The van der Waals surface area contributed by atoms with Crippen molar-refractivity contribution in [3.8, 4) is 0 Å². The van der Waals surface area contributed by atoms with Crippen LogP contribution in [0, 0.1) is 3.56 Å². The van der Waals surface area contributed by atoms with Crippen LogP contribution in [0.3, 0.4) is 0 Å². The van der Waals surface area contributed by atoms with Gasteiger partial charge in [0.15, 0.2) is 0 Å². The number of hydrogen-bond acceptors (Lipinski definition) is 3. The predicted octanol–water partition coefficient (Wildman–Crippen LogP) is 2.13. The van der Waals surface area contributed by atoms with Crippen LogP contribution in [0.4, 0.5) is 0 Å². The quantitative estimate of drug-likeness (QED) is 0.605. The Balaban J connectivity index is 2.40. The molecule has 0 unspecified atom stereocenters. The molecule has 0 aliphatic carbocycles. The van der Waals surface area contributed by atoms with Gasteiger partial charge in [0, 0.05) is 26.2 Å². The molecule has 33 valence electrons. The van der Waals surface area contributed by atoms with Gasteiger partial charge in [0.2, 0.25) is 0 Å². The third-order valence-electron chi connectivity index (χ3n) is 0.0628. The Labute approximate surface area is 52.7 Å². The second-order valence-electron chi connectivity index (χ2n) is 0.225. The summed E-state index contributed by atoms with van der Waals surface area (Å²) in [5, 5.41) is 0. The molecule has 0 aromatic rings. The summed E-state index contributed by atoms with van der Waals surface area (Å²) in [5.41, 5.74) is 0. The SMILES string of the molecule is N=IS[I]N. The molecule has 0 bridgehead atoms. The van der Waals surface area contributed by atoms with Gasteiger partial charge in [-0.3, -0.25) is 7.51 Å². The Morgan fingerprint density at radius 3 is 2.40 bits per heavy atom. The van der Waals surface area contributed by atoms with Crippen LogP contribution >= 0.6 is 45.8 Å². The first kappa shape index (κ1) is 6.57. The highest BCUT2D eigenvalue weighted by Crippen LogP contribution is 2.34. The standard InChI is InChI=1S/H3I2N2S/c3-1-5-2-4/h3H,4H2. The second-order valence-corrected chi connectivity index (χ2v) is 11.2. The van der Waals surface area contributed by atoms with E-state index >= 15 is 0 Å². The smallest absolute Gasteiger partial charge is 0.0684 e. The lowest BCUT2D eigenvalue weighted by molar-refractivity contribution is 1.72. The number of nitrogens with two attached hydrogens (primary N) is 1. The summed E-state index contributed by atoms with van der Waals surface area (Å²) >= 11 is -0.417. The molecular formula is H3I2N2S. The van der Waals surface area contributed by atoms with Crippen molar-refractivity contribution in [2.75, 3.05) is 0 Å². The van der Waals surface area contributed by atoms with Gasteiger partial charge >= 0.3 is 0 Å². The highest BCUT2D eigenvalue weighted by atomic mass is 127. The fourth-order valence-corrected chi connectivity index (χ4v) is 2.27. The van der Waals surface area contributed by atoms with Crippen molar-refractivity contribution in [3.05, 3.63) is 0 Å². The number of rotatable bonds is 2. The van der Waals surface area contributed by atoms with Crippen LogP contribution in [0.15, 0.2) is 0 Å². The Hall–Kier alpha value is 1.57. The van der Waals surface area contributed by atoms with E-state index in [0.29, 0.717) is 0 Å². The molecule has 0 fully saturated rings. The van der Waals surface area contributed by atoms with Crippen molar-refractivity contribution in [2.45, 2.75) is 0 Å². The van der Waals surface area contributed by atoms with Gasteiger partial charge in [0.1, 0.15) is 0 Å². The van der Waals surface area contributed by atoms with Gasteiger partial charge in [-0.1, -0.05) is 0 Å². The highest BCUT2D eigenvalue weighted by molar-refractivity contribution is 14.4. The van der Waals surface area contributed by atoms with E-state index in [1.807, 2.05) is 0 Å². The molecule has 0 amide bonds. The summed E-state index contributed by atoms with van der Waals surface area (Å²) in [6.45, 7) is 0. The zero-order valence-electron chi connectivity index (χ0n) is 2.24. The fraction of sp³-hybridized carbons (Fsp3) is 0. The van der Waals surface area contributed by atoms with Gasteiger partial charge in [-0.15, -0.1) is 0 Å².